The summed E-state index contributed by atoms with van der Waals surface area (Å²) < 4.78 is 0. The Morgan fingerprint density at radius 3 is 2.23 bits per heavy atom. The molecule has 5 rings (SSSR count). The largest absolute Gasteiger partial charge is 0.311 e. The van der Waals surface area contributed by atoms with Gasteiger partial charge in [-0.15, -0.1) is 0 Å². The third kappa shape index (κ3) is 2.52. The number of benzene rings is 1. The van der Waals surface area contributed by atoms with E-state index in [2.05, 4.69) is 56.4 Å². The van der Waals surface area contributed by atoms with Crippen molar-refractivity contribution in [3.05, 3.63) is 35.9 Å². The third-order valence-corrected chi connectivity index (χ3v) is 6.78. The van der Waals surface area contributed by atoms with Gasteiger partial charge >= 0.3 is 0 Å². The first-order valence-electron chi connectivity index (χ1n) is 9.20. The number of nitrogens with one attached hydrogen (secondary N) is 1. The van der Waals surface area contributed by atoms with Crippen LogP contribution in [0.1, 0.15) is 70.8 Å². The maximum absolute atomic E-state index is 4.08. The van der Waals surface area contributed by atoms with E-state index in [1.807, 2.05) is 0 Å². The van der Waals surface area contributed by atoms with Crippen molar-refractivity contribution in [1.29, 1.82) is 0 Å². The molecule has 3 unspecified atom stereocenters. The van der Waals surface area contributed by atoms with Crippen LogP contribution in [-0.2, 0) is 0 Å². The molecule has 0 amide bonds. The lowest BCUT2D eigenvalue weighted by Crippen LogP contribution is -2.64. The van der Waals surface area contributed by atoms with E-state index < -0.39 is 0 Å². The van der Waals surface area contributed by atoms with Gasteiger partial charge in [-0.3, -0.25) is 0 Å². The summed E-state index contributed by atoms with van der Waals surface area (Å²) in [6, 6.07) is 11.0. The van der Waals surface area contributed by atoms with Crippen LogP contribution in [0.3, 0.4) is 0 Å². The van der Waals surface area contributed by atoms with E-state index >= 15 is 0 Å². The molecule has 1 aromatic carbocycles. The minimum Gasteiger partial charge on any atom is -0.311 e. The van der Waals surface area contributed by atoms with Crippen LogP contribution in [0.25, 0.3) is 0 Å². The molecule has 0 spiro atoms. The minimum atomic E-state index is 0.436. The number of rotatable bonds is 4. The quantitative estimate of drug-likeness (QED) is 0.812. The maximum atomic E-state index is 4.08. The Kier molecular flexibility index (Phi) is 3.24. The van der Waals surface area contributed by atoms with Gasteiger partial charge in [0, 0.05) is 12.1 Å². The summed E-state index contributed by atoms with van der Waals surface area (Å²) >= 11 is 0. The van der Waals surface area contributed by atoms with Crippen molar-refractivity contribution >= 4 is 0 Å². The molecule has 0 aromatic heterocycles. The van der Waals surface area contributed by atoms with E-state index in [4.69, 9.17) is 0 Å². The van der Waals surface area contributed by atoms with Gasteiger partial charge in [-0.25, -0.2) is 0 Å². The Bertz CT molecular complexity index is 530. The Labute approximate surface area is 135 Å². The summed E-state index contributed by atoms with van der Waals surface area (Å²) in [5.41, 5.74) is 3.12. The summed E-state index contributed by atoms with van der Waals surface area (Å²) in [6.07, 6.45) is 8.69. The molecule has 4 aliphatic rings. The van der Waals surface area contributed by atoms with Crippen molar-refractivity contribution in [1.82, 2.24) is 5.32 Å². The molecule has 0 saturated heterocycles. The van der Waals surface area contributed by atoms with Crippen molar-refractivity contribution in [2.45, 2.75) is 70.8 Å². The molecule has 4 aliphatic carbocycles. The lowest BCUT2D eigenvalue weighted by atomic mass is 9.43. The monoisotopic (exact) mass is 297 g/mol. The van der Waals surface area contributed by atoms with Crippen molar-refractivity contribution < 1.29 is 0 Å². The van der Waals surface area contributed by atoms with Gasteiger partial charge in [-0.05, 0) is 66.8 Å². The van der Waals surface area contributed by atoms with Crippen LogP contribution in [0.4, 0.5) is 0 Å². The molecule has 4 bridgehead atoms. The average Bonchev–Trinajstić information content (AvgIpc) is 2.42. The lowest BCUT2D eigenvalue weighted by molar-refractivity contribution is -0.117. The van der Waals surface area contributed by atoms with Crippen LogP contribution in [-0.4, -0.2) is 12.1 Å². The first-order valence-corrected chi connectivity index (χ1v) is 9.20. The molecular formula is C21H31N. The van der Waals surface area contributed by atoms with Gasteiger partial charge in [-0.1, -0.05) is 51.1 Å². The molecule has 0 radical (unpaired) electrons. The second kappa shape index (κ2) is 4.84. The highest BCUT2D eigenvalue weighted by molar-refractivity contribution is 5.20. The minimum absolute atomic E-state index is 0.436. The van der Waals surface area contributed by atoms with E-state index in [1.54, 1.807) is 0 Å². The van der Waals surface area contributed by atoms with Gasteiger partial charge in [0.1, 0.15) is 0 Å². The molecule has 0 heterocycles. The zero-order valence-electron chi connectivity index (χ0n) is 14.5. The average molecular weight is 297 g/mol. The Hall–Kier alpha value is -0.820. The van der Waals surface area contributed by atoms with Crippen LogP contribution in [0.15, 0.2) is 30.3 Å². The summed E-state index contributed by atoms with van der Waals surface area (Å²) in [5.74, 6) is 1.58. The SMILES string of the molecule is CC(CNC12CC3CC(C)(CC(C)(C3)C1)C2)c1ccccc1. The molecule has 1 heteroatoms. The second-order valence-electron chi connectivity index (χ2n) is 9.60. The van der Waals surface area contributed by atoms with Gasteiger partial charge in [-0.2, -0.15) is 0 Å². The standard InChI is InChI=1S/C21H31N/c1-16(18-7-5-4-6-8-18)12-22-21-11-17-9-19(2,14-21)13-20(3,10-17)15-21/h4-8,16-17,22H,9-15H2,1-3H3. The normalized spacial score (nSPS) is 44.2. The highest BCUT2D eigenvalue weighted by atomic mass is 15.0. The number of hydrogen-bond acceptors (Lipinski definition) is 1. The summed E-state index contributed by atoms with van der Waals surface area (Å²) in [6.45, 7) is 8.62. The van der Waals surface area contributed by atoms with Gasteiger partial charge in [0.05, 0.1) is 0 Å². The first-order chi connectivity index (χ1) is 10.4. The lowest BCUT2D eigenvalue weighted by Gasteiger charge is -2.65. The van der Waals surface area contributed by atoms with Gasteiger partial charge < -0.3 is 5.32 Å². The Balaban J connectivity index is 1.49. The fraction of sp³-hybridized carbons (Fsp3) is 0.714. The molecule has 1 aromatic rings. The smallest absolute Gasteiger partial charge is 0.0194 e. The molecule has 120 valence electrons. The van der Waals surface area contributed by atoms with Crippen LogP contribution in [0.5, 0.6) is 0 Å². The van der Waals surface area contributed by atoms with Crippen molar-refractivity contribution in [2.24, 2.45) is 16.7 Å². The highest BCUT2D eigenvalue weighted by Gasteiger charge is 2.59. The fourth-order valence-electron chi connectivity index (χ4n) is 6.91. The van der Waals surface area contributed by atoms with Crippen molar-refractivity contribution in [3.63, 3.8) is 0 Å². The molecule has 4 fully saturated rings. The van der Waals surface area contributed by atoms with Crippen molar-refractivity contribution in [3.8, 4) is 0 Å². The number of hydrogen-bond donors (Lipinski definition) is 1. The molecule has 0 aliphatic heterocycles. The fourth-order valence-corrected chi connectivity index (χ4v) is 6.91. The van der Waals surface area contributed by atoms with Crippen LogP contribution in [0.2, 0.25) is 0 Å². The highest BCUT2D eigenvalue weighted by Crippen LogP contribution is 2.66. The molecular weight excluding hydrogens is 266 g/mol. The summed E-state index contributed by atoms with van der Waals surface area (Å²) in [4.78, 5) is 0. The predicted molar refractivity (Wildman–Crippen MR) is 93.0 cm³/mol. The van der Waals surface area contributed by atoms with E-state index in [0.29, 0.717) is 22.3 Å². The van der Waals surface area contributed by atoms with E-state index in [1.165, 1.54) is 44.1 Å². The van der Waals surface area contributed by atoms with Crippen molar-refractivity contribution in [2.75, 3.05) is 6.54 Å². The van der Waals surface area contributed by atoms with E-state index in [9.17, 15) is 0 Å². The molecule has 4 saturated carbocycles. The van der Waals surface area contributed by atoms with Gasteiger partial charge in [0.15, 0.2) is 0 Å². The predicted octanol–water partition coefficient (Wildman–Crippen LogP) is 5.13. The first kappa shape index (κ1) is 14.8. The Morgan fingerprint density at radius 2 is 1.64 bits per heavy atom. The molecule has 22 heavy (non-hydrogen) atoms. The summed E-state index contributed by atoms with van der Waals surface area (Å²) in [7, 11) is 0. The van der Waals surface area contributed by atoms with Gasteiger partial charge in [0.25, 0.3) is 0 Å². The van der Waals surface area contributed by atoms with E-state index in [0.717, 1.165) is 12.5 Å². The van der Waals surface area contributed by atoms with Crippen LogP contribution in [0, 0.1) is 16.7 Å². The Morgan fingerprint density at radius 1 is 1.00 bits per heavy atom. The summed E-state index contributed by atoms with van der Waals surface area (Å²) in [5, 5.41) is 4.08. The van der Waals surface area contributed by atoms with Crippen LogP contribution < -0.4 is 5.32 Å². The molecule has 1 nitrogen and oxygen atoms in total. The maximum Gasteiger partial charge on any atom is 0.0194 e. The molecule has 3 atom stereocenters. The van der Waals surface area contributed by atoms with Crippen LogP contribution >= 0.6 is 0 Å². The van der Waals surface area contributed by atoms with Gasteiger partial charge in [0.2, 0.25) is 0 Å². The zero-order chi connectivity index (χ0) is 15.4. The third-order valence-electron chi connectivity index (χ3n) is 6.78. The van der Waals surface area contributed by atoms with E-state index in [-0.39, 0.29) is 0 Å². The zero-order valence-corrected chi connectivity index (χ0v) is 14.5. The topological polar surface area (TPSA) is 12.0 Å². The second-order valence-corrected chi connectivity index (χ2v) is 9.60. The molecule has 1 N–H and O–H groups in total.